The molecule has 2 N–H and O–H groups in total. The van der Waals surface area contributed by atoms with Gasteiger partial charge in [0.15, 0.2) is 0 Å². The molecular weight excluding hydrogens is 263 g/mol. The van der Waals surface area contributed by atoms with Crippen molar-refractivity contribution in [2.45, 2.75) is 26.7 Å². The van der Waals surface area contributed by atoms with Gasteiger partial charge in [-0.05, 0) is 20.3 Å². The molecule has 0 aromatic rings. The minimum Gasteiger partial charge on any atom is -0.466 e. The fourth-order valence-electron chi connectivity index (χ4n) is 1.36. The predicted molar refractivity (Wildman–Crippen MR) is 62.9 cm³/mol. The van der Waals surface area contributed by atoms with Crippen molar-refractivity contribution in [2.75, 3.05) is 19.4 Å². The van der Waals surface area contributed by atoms with Gasteiger partial charge in [0.1, 0.15) is 0 Å². The van der Waals surface area contributed by atoms with Crippen LogP contribution < -0.4 is 0 Å². The lowest BCUT2D eigenvalue weighted by atomic mass is 10.1. The number of esters is 2. The topological polar surface area (TPSA) is 110 Å². The van der Waals surface area contributed by atoms with Crippen molar-refractivity contribution in [3.63, 3.8) is 0 Å². The molecule has 1 atom stereocenters. The van der Waals surface area contributed by atoms with E-state index in [1.807, 2.05) is 0 Å². The summed E-state index contributed by atoms with van der Waals surface area (Å²) in [4.78, 5) is 40.3. The van der Waals surface area contributed by atoms with Gasteiger partial charge in [0.2, 0.25) is 0 Å². The van der Waals surface area contributed by atoms with E-state index in [1.54, 1.807) is 13.8 Å². The Balaban J connectivity index is 4.43. The second-order valence-electron chi connectivity index (χ2n) is 3.64. The molecule has 0 saturated carbocycles. The van der Waals surface area contributed by atoms with Crippen molar-refractivity contribution in [3.8, 4) is 0 Å². The molecule has 106 valence electrons. The van der Waals surface area contributed by atoms with Crippen molar-refractivity contribution in [1.29, 1.82) is 0 Å². The summed E-state index contributed by atoms with van der Waals surface area (Å²) in [6.45, 7) is 3.59. The molecule has 0 rings (SSSR count). The zero-order valence-corrected chi connectivity index (χ0v) is 11.4. The van der Waals surface area contributed by atoms with Crippen LogP contribution in [0.3, 0.4) is 0 Å². The van der Waals surface area contributed by atoms with Gasteiger partial charge in [0.05, 0.1) is 25.3 Å². The molecule has 0 aliphatic rings. The zero-order valence-electron chi connectivity index (χ0n) is 10.5. The van der Waals surface area contributed by atoms with Crippen molar-refractivity contribution >= 4 is 19.5 Å². The van der Waals surface area contributed by atoms with E-state index in [2.05, 4.69) is 4.74 Å². The van der Waals surface area contributed by atoms with Crippen LogP contribution in [-0.2, 0) is 23.6 Å². The summed E-state index contributed by atoms with van der Waals surface area (Å²) in [5.74, 6) is -2.20. The van der Waals surface area contributed by atoms with Crippen LogP contribution in [0.2, 0.25) is 0 Å². The van der Waals surface area contributed by atoms with Gasteiger partial charge in [-0.2, -0.15) is 0 Å². The van der Waals surface area contributed by atoms with Crippen LogP contribution in [-0.4, -0.2) is 41.1 Å². The maximum Gasteiger partial charge on any atom is 0.326 e. The average Bonchev–Trinajstić information content (AvgIpc) is 2.23. The lowest BCUT2D eigenvalue weighted by Gasteiger charge is -2.15. The molecule has 7 nitrogen and oxygen atoms in total. The molecule has 0 aromatic carbocycles. The van der Waals surface area contributed by atoms with Crippen LogP contribution in [0.15, 0.2) is 0 Å². The van der Waals surface area contributed by atoms with Gasteiger partial charge in [-0.1, -0.05) is 0 Å². The van der Waals surface area contributed by atoms with Crippen LogP contribution in [0, 0.1) is 5.92 Å². The second-order valence-corrected chi connectivity index (χ2v) is 5.33. The Kier molecular flexibility index (Phi) is 7.82. The van der Waals surface area contributed by atoms with E-state index in [-0.39, 0.29) is 26.1 Å². The maximum absolute atomic E-state index is 11.5. The highest BCUT2D eigenvalue weighted by molar-refractivity contribution is 7.51. The molecule has 8 heteroatoms. The molecule has 18 heavy (non-hydrogen) atoms. The molecule has 0 bridgehead atoms. The third-order valence-corrected chi connectivity index (χ3v) is 3.00. The largest absolute Gasteiger partial charge is 0.466 e. The van der Waals surface area contributed by atoms with Crippen LogP contribution in [0.1, 0.15) is 26.7 Å². The van der Waals surface area contributed by atoms with Gasteiger partial charge in [-0.25, -0.2) is 0 Å². The van der Waals surface area contributed by atoms with E-state index >= 15 is 0 Å². The molecule has 0 fully saturated rings. The standard InChI is InChI=1S/C10H19O7P/c1-3-16-9(11)6-5-8(7-18(13,14)15)10(12)17-4-2/h8H,3-7H2,1-2H3,(H2,13,14,15). The van der Waals surface area contributed by atoms with Gasteiger partial charge in [-0.15, -0.1) is 0 Å². The highest BCUT2D eigenvalue weighted by Crippen LogP contribution is 2.38. The lowest BCUT2D eigenvalue weighted by Crippen LogP contribution is -2.23. The van der Waals surface area contributed by atoms with E-state index < -0.39 is 31.6 Å². The Morgan fingerprint density at radius 1 is 1.17 bits per heavy atom. The highest BCUT2D eigenvalue weighted by Gasteiger charge is 2.29. The number of carbonyl (C=O) groups is 2. The summed E-state index contributed by atoms with van der Waals surface area (Å²) in [5, 5.41) is 0. The van der Waals surface area contributed by atoms with E-state index in [0.717, 1.165) is 0 Å². The Morgan fingerprint density at radius 3 is 2.17 bits per heavy atom. The Hall–Kier alpha value is -0.910. The Bertz CT molecular complexity index is 322. The third-order valence-electron chi connectivity index (χ3n) is 2.08. The molecule has 0 aliphatic carbocycles. The fourth-order valence-corrected chi connectivity index (χ4v) is 2.26. The number of hydrogen-bond donors (Lipinski definition) is 2. The molecule has 0 spiro atoms. The first-order chi connectivity index (χ1) is 8.30. The summed E-state index contributed by atoms with van der Waals surface area (Å²) in [7, 11) is -4.33. The van der Waals surface area contributed by atoms with Crippen LogP contribution in [0.5, 0.6) is 0 Å². The Labute approximate surface area is 106 Å². The van der Waals surface area contributed by atoms with Gasteiger partial charge < -0.3 is 19.3 Å². The quantitative estimate of drug-likeness (QED) is 0.497. The lowest BCUT2D eigenvalue weighted by molar-refractivity contribution is -0.148. The van der Waals surface area contributed by atoms with Crippen molar-refractivity contribution < 1.29 is 33.4 Å². The van der Waals surface area contributed by atoms with Crippen LogP contribution >= 0.6 is 7.60 Å². The number of rotatable bonds is 8. The van der Waals surface area contributed by atoms with Gasteiger partial charge >= 0.3 is 19.5 Å². The van der Waals surface area contributed by atoms with E-state index in [0.29, 0.717) is 0 Å². The normalized spacial score (nSPS) is 12.9. The SMILES string of the molecule is CCOC(=O)CCC(CP(=O)(O)O)C(=O)OCC. The minimum absolute atomic E-state index is 0.00275. The summed E-state index contributed by atoms with van der Waals surface area (Å²) in [6.07, 6.45) is -0.689. The first-order valence-electron chi connectivity index (χ1n) is 5.67. The van der Waals surface area contributed by atoms with E-state index in [9.17, 15) is 14.2 Å². The number of carbonyl (C=O) groups excluding carboxylic acids is 2. The molecule has 0 radical (unpaired) electrons. The minimum atomic E-state index is -4.33. The monoisotopic (exact) mass is 282 g/mol. The average molecular weight is 282 g/mol. The van der Waals surface area contributed by atoms with Gasteiger partial charge in [-0.3, -0.25) is 14.2 Å². The summed E-state index contributed by atoms with van der Waals surface area (Å²) in [5.41, 5.74) is 0. The molecule has 0 amide bonds. The van der Waals surface area contributed by atoms with Crippen molar-refractivity contribution in [1.82, 2.24) is 0 Å². The summed E-state index contributed by atoms with van der Waals surface area (Å²) in [6, 6.07) is 0. The van der Waals surface area contributed by atoms with Gasteiger partial charge in [0.25, 0.3) is 0 Å². The zero-order chi connectivity index (χ0) is 14.2. The Morgan fingerprint density at radius 2 is 1.72 bits per heavy atom. The van der Waals surface area contributed by atoms with Crippen LogP contribution in [0.4, 0.5) is 0 Å². The first kappa shape index (κ1) is 17.1. The molecule has 0 aliphatic heterocycles. The van der Waals surface area contributed by atoms with E-state index in [1.165, 1.54) is 0 Å². The number of ether oxygens (including phenoxy) is 2. The fraction of sp³-hybridized carbons (Fsp3) is 0.800. The highest BCUT2D eigenvalue weighted by atomic mass is 31.2. The number of hydrogen-bond acceptors (Lipinski definition) is 5. The van der Waals surface area contributed by atoms with Crippen LogP contribution in [0.25, 0.3) is 0 Å². The summed E-state index contributed by atoms with van der Waals surface area (Å²) < 4.78 is 20.3. The maximum atomic E-state index is 11.5. The smallest absolute Gasteiger partial charge is 0.326 e. The molecule has 0 heterocycles. The molecule has 0 aromatic heterocycles. The van der Waals surface area contributed by atoms with E-state index in [4.69, 9.17) is 14.5 Å². The summed E-state index contributed by atoms with van der Waals surface area (Å²) >= 11 is 0. The molecular formula is C10H19O7P. The molecule has 0 saturated heterocycles. The van der Waals surface area contributed by atoms with Gasteiger partial charge in [0, 0.05) is 6.42 Å². The van der Waals surface area contributed by atoms with Crippen molar-refractivity contribution in [2.24, 2.45) is 5.92 Å². The first-order valence-corrected chi connectivity index (χ1v) is 7.46. The molecule has 1 unspecified atom stereocenters. The predicted octanol–water partition coefficient (Wildman–Crippen LogP) is 0.687. The third kappa shape index (κ3) is 8.22. The van der Waals surface area contributed by atoms with Crippen molar-refractivity contribution in [3.05, 3.63) is 0 Å². The second kappa shape index (κ2) is 8.24.